The number of ketones is 1. The van der Waals surface area contributed by atoms with Gasteiger partial charge in [0.25, 0.3) is 11.8 Å². The third-order valence-corrected chi connectivity index (χ3v) is 4.51. The van der Waals surface area contributed by atoms with Crippen LogP contribution in [0.5, 0.6) is 0 Å². The zero-order valence-electron chi connectivity index (χ0n) is 13.2. The van der Waals surface area contributed by atoms with E-state index in [1.165, 1.54) is 13.0 Å². The second kappa shape index (κ2) is 8.44. The van der Waals surface area contributed by atoms with Gasteiger partial charge in [-0.2, -0.15) is 0 Å². The van der Waals surface area contributed by atoms with Gasteiger partial charge in [0.2, 0.25) is 5.91 Å². The van der Waals surface area contributed by atoms with Crippen molar-refractivity contribution < 1.29 is 19.2 Å². The zero-order valence-corrected chi connectivity index (χ0v) is 14.0. The third kappa shape index (κ3) is 5.34. The van der Waals surface area contributed by atoms with Crippen LogP contribution in [-0.2, 0) is 25.6 Å². The number of thioether (sulfide) groups is 1. The van der Waals surface area contributed by atoms with E-state index in [9.17, 15) is 19.2 Å². The van der Waals surface area contributed by atoms with E-state index < -0.39 is 17.9 Å². The number of aryl methyl sites for hydroxylation is 1. The van der Waals surface area contributed by atoms with Gasteiger partial charge in [-0.25, -0.2) is 0 Å². The van der Waals surface area contributed by atoms with Gasteiger partial charge >= 0.3 is 0 Å². The molecule has 0 fully saturated rings. The maximum atomic E-state index is 12.4. The third-order valence-electron chi connectivity index (χ3n) is 3.40. The summed E-state index contributed by atoms with van der Waals surface area (Å²) in [6, 6.07) is 8.90. The summed E-state index contributed by atoms with van der Waals surface area (Å²) in [4.78, 5) is 46.6. The predicted molar refractivity (Wildman–Crippen MR) is 91.1 cm³/mol. The molecular formula is C17H18N2O4S. The molecule has 0 bridgehead atoms. The molecule has 1 aromatic rings. The van der Waals surface area contributed by atoms with Gasteiger partial charge < -0.3 is 5.32 Å². The van der Waals surface area contributed by atoms with E-state index in [1.54, 1.807) is 0 Å². The largest absolute Gasteiger partial charge is 0.346 e. The molecule has 0 saturated heterocycles. The first-order chi connectivity index (χ1) is 11.5. The smallest absolute Gasteiger partial charge is 0.264 e. The van der Waals surface area contributed by atoms with E-state index in [2.05, 4.69) is 10.6 Å². The first kappa shape index (κ1) is 17.9. The molecular weight excluding hydrogens is 328 g/mol. The topological polar surface area (TPSA) is 92.3 Å². The number of Topliss-reactive ketones (excluding diaryl/α,β-unsaturated/α-hetero) is 1. The summed E-state index contributed by atoms with van der Waals surface area (Å²) in [7, 11) is 0. The monoisotopic (exact) mass is 346 g/mol. The second-order valence-electron chi connectivity index (χ2n) is 5.34. The van der Waals surface area contributed by atoms with Crippen molar-refractivity contribution in [1.82, 2.24) is 10.6 Å². The molecule has 2 rings (SSSR count). The van der Waals surface area contributed by atoms with E-state index in [0.717, 1.165) is 17.3 Å². The number of amides is 3. The number of hydrogen-bond acceptors (Lipinski definition) is 5. The normalized spacial score (nSPS) is 14.8. The van der Waals surface area contributed by atoms with E-state index in [0.29, 0.717) is 12.8 Å². The maximum Gasteiger partial charge on any atom is 0.264 e. The quantitative estimate of drug-likeness (QED) is 0.684. The predicted octanol–water partition coefficient (Wildman–Crippen LogP) is 0.966. The van der Waals surface area contributed by atoms with E-state index in [4.69, 9.17) is 0 Å². The van der Waals surface area contributed by atoms with Crippen LogP contribution in [0.25, 0.3) is 0 Å². The van der Waals surface area contributed by atoms with Crippen LogP contribution in [0.3, 0.4) is 0 Å². The second-order valence-corrected chi connectivity index (χ2v) is 6.40. The van der Waals surface area contributed by atoms with Crippen molar-refractivity contribution in [2.24, 2.45) is 0 Å². The number of benzene rings is 1. The van der Waals surface area contributed by atoms with Crippen molar-refractivity contribution in [3.05, 3.63) is 46.9 Å². The number of carbonyl (C=O) groups is 4. The fourth-order valence-corrected chi connectivity index (χ4v) is 3.21. The Kier molecular flexibility index (Phi) is 6.31. The highest BCUT2D eigenvalue weighted by Gasteiger charge is 2.25. The molecule has 6 nitrogen and oxygen atoms in total. The SMILES string of the molecule is CC(=O)N[C@@H](CSC1=CC(=O)NC1=O)C(=O)CCc1ccccc1. The van der Waals surface area contributed by atoms with Crippen LogP contribution in [-0.4, -0.2) is 35.3 Å². The standard InChI is InChI=1S/C17H18N2O4S/c1-11(20)18-13(10-24-15-9-16(22)19-17(15)23)14(21)8-7-12-5-3-2-4-6-12/h2-6,9,13H,7-8,10H2,1H3,(H,18,20)(H,19,22,23)/t13-/m0/s1. The molecule has 1 heterocycles. The van der Waals surface area contributed by atoms with E-state index >= 15 is 0 Å². The molecule has 0 radical (unpaired) electrons. The van der Waals surface area contributed by atoms with Crippen LogP contribution in [0.1, 0.15) is 18.9 Å². The van der Waals surface area contributed by atoms with Gasteiger partial charge in [0.05, 0.1) is 10.9 Å². The van der Waals surface area contributed by atoms with Crippen molar-refractivity contribution in [3.63, 3.8) is 0 Å². The lowest BCUT2D eigenvalue weighted by Gasteiger charge is -2.16. The molecule has 0 spiro atoms. The summed E-state index contributed by atoms with van der Waals surface area (Å²) in [5, 5.41) is 4.76. The van der Waals surface area contributed by atoms with Crippen molar-refractivity contribution >= 4 is 35.3 Å². The number of imide groups is 1. The van der Waals surface area contributed by atoms with Crippen molar-refractivity contribution in [3.8, 4) is 0 Å². The lowest BCUT2D eigenvalue weighted by Crippen LogP contribution is -2.41. The number of hydrogen-bond donors (Lipinski definition) is 2. The molecule has 1 aromatic carbocycles. The Bertz CT molecular complexity index is 685. The molecule has 3 amide bonds. The number of rotatable bonds is 8. The van der Waals surface area contributed by atoms with Gasteiger partial charge in [-0.1, -0.05) is 30.3 Å². The Hall–Kier alpha value is -2.41. The molecule has 0 unspecified atom stereocenters. The molecule has 0 aromatic heterocycles. The van der Waals surface area contributed by atoms with Gasteiger partial charge in [0, 0.05) is 25.2 Å². The summed E-state index contributed by atoms with van der Waals surface area (Å²) in [5.41, 5.74) is 1.04. The summed E-state index contributed by atoms with van der Waals surface area (Å²) >= 11 is 1.09. The van der Waals surface area contributed by atoms with E-state index in [1.807, 2.05) is 30.3 Å². The molecule has 1 atom stereocenters. The van der Waals surface area contributed by atoms with Crippen molar-refractivity contribution in [2.45, 2.75) is 25.8 Å². The maximum absolute atomic E-state index is 12.4. The Labute approximate surface area is 144 Å². The van der Waals surface area contributed by atoms with Gasteiger partial charge in [-0.3, -0.25) is 24.5 Å². The number of nitrogens with one attached hydrogen (secondary N) is 2. The van der Waals surface area contributed by atoms with Crippen LogP contribution in [0, 0.1) is 0 Å². The highest BCUT2D eigenvalue weighted by atomic mass is 32.2. The fraction of sp³-hybridized carbons (Fsp3) is 0.294. The molecule has 0 aliphatic carbocycles. The van der Waals surface area contributed by atoms with Crippen LogP contribution in [0.15, 0.2) is 41.3 Å². The Balaban J connectivity index is 1.93. The zero-order chi connectivity index (χ0) is 17.5. The van der Waals surface area contributed by atoms with Crippen LogP contribution in [0.4, 0.5) is 0 Å². The average Bonchev–Trinajstić information content (AvgIpc) is 2.87. The van der Waals surface area contributed by atoms with Crippen LogP contribution >= 0.6 is 11.8 Å². The van der Waals surface area contributed by atoms with Crippen molar-refractivity contribution in [2.75, 3.05) is 5.75 Å². The Morgan fingerprint density at radius 1 is 1.21 bits per heavy atom. The molecule has 24 heavy (non-hydrogen) atoms. The lowest BCUT2D eigenvalue weighted by atomic mass is 10.0. The highest BCUT2D eigenvalue weighted by Crippen LogP contribution is 2.20. The van der Waals surface area contributed by atoms with Crippen LogP contribution in [0.2, 0.25) is 0 Å². The Morgan fingerprint density at radius 3 is 2.50 bits per heavy atom. The molecule has 1 aliphatic heterocycles. The molecule has 0 saturated carbocycles. The number of carbonyl (C=O) groups excluding carboxylic acids is 4. The fourth-order valence-electron chi connectivity index (χ4n) is 2.22. The first-order valence-electron chi connectivity index (χ1n) is 7.49. The van der Waals surface area contributed by atoms with Gasteiger partial charge in [0.15, 0.2) is 5.78 Å². The Morgan fingerprint density at radius 2 is 1.92 bits per heavy atom. The van der Waals surface area contributed by atoms with Gasteiger partial charge in [-0.05, 0) is 12.0 Å². The van der Waals surface area contributed by atoms with E-state index in [-0.39, 0.29) is 22.3 Å². The summed E-state index contributed by atoms with van der Waals surface area (Å²) < 4.78 is 0. The van der Waals surface area contributed by atoms with Gasteiger partial charge in [0.1, 0.15) is 0 Å². The highest BCUT2D eigenvalue weighted by molar-refractivity contribution is 8.04. The molecule has 2 N–H and O–H groups in total. The lowest BCUT2D eigenvalue weighted by molar-refractivity contribution is -0.126. The minimum atomic E-state index is -0.694. The van der Waals surface area contributed by atoms with Crippen molar-refractivity contribution in [1.29, 1.82) is 0 Å². The summed E-state index contributed by atoms with van der Waals surface area (Å²) in [5.74, 6) is -1.14. The van der Waals surface area contributed by atoms with Crippen LogP contribution < -0.4 is 10.6 Å². The summed E-state index contributed by atoms with van der Waals surface area (Å²) in [6.45, 7) is 1.34. The molecule has 7 heteroatoms. The minimum absolute atomic E-state index is 0.105. The van der Waals surface area contributed by atoms with Gasteiger partial charge in [-0.15, -0.1) is 11.8 Å². The first-order valence-corrected chi connectivity index (χ1v) is 8.48. The molecule has 126 valence electrons. The average molecular weight is 346 g/mol. The molecule has 1 aliphatic rings. The minimum Gasteiger partial charge on any atom is -0.346 e. The summed E-state index contributed by atoms with van der Waals surface area (Å²) in [6.07, 6.45) is 2.08.